The summed E-state index contributed by atoms with van der Waals surface area (Å²) in [4.78, 5) is 66.3. The molecule has 4 atom stereocenters. The van der Waals surface area contributed by atoms with Crippen LogP contribution in [0, 0.1) is 0 Å². The quantitative estimate of drug-likeness (QED) is 0.189. The van der Waals surface area contributed by atoms with Gasteiger partial charge >= 0.3 is 11.9 Å². The Hall–Kier alpha value is -3.48. The van der Waals surface area contributed by atoms with Crippen LogP contribution in [0.2, 0.25) is 0 Å². The van der Waals surface area contributed by atoms with E-state index >= 15 is 0 Å². The van der Waals surface area contributed by atoms with Crippen LogP contribution in [0.3, 0.4) is 0 Å². The fourth-order valence-corrected chi connectivity index (χ4v) is 3.21. The molecule has 0 aliphatic carbocycles. The number of carbonyl (C=O) groups is 5. The topological polar surface area (TPSA) is 203 Å². The number of carboxylic acids is 2. The van der Waals surface area contributed by atoms with Gasteiger partial charge in [0.05, 0.1) is 12.4 Å². The number of nitrogens with one attached hydrogen (secondary N) is 5. The smallest absolute Gasteiger partial charge is 0.326 e. The summed E-state index contributed by atoms with van der Waals surface area (Å²) in [5, 5.41) is 28.3. The van der Waals surface area contributed by atoms with Crippen molar-refractivity contribution >= 4 is 29.7 Å². The Morgan fingerprint density at radius 2 is 1.88 bits per heavy atom. The van der Waals surface area contributed by atoms with Gasteiger partial charge in [0.2, 0.25) is 17.7 Å². The standard InChI is InChI=1S/C19H28N6O7/c1-10(16(28)24-13(19(31)32)4-5-15(26)27)23-18(30)14(7-11-8-20-9-22-11)25-17(29)12-3-2-6-21-12/h8-10,12-14,21H,2-7H2,1H3,(H,20,22)(H,23,30)(H,24,28)(H,25,29)(H,26,27)(H,31,32). The highest BCUT2D eigenvalue weighted by Crippen LogP contribution is 2.07. The van der Waals surface area contributed by atoms with Crippen LogP contribution >= 0.6 is 0 Å². The average molecular weight is 452 g/mol. The second-order valence-corrected chi connectivity index (χ2v) is 7.55. The second kappa shape index (κ2) is 11.8. The summed E-state index contributed by atoms with van der Waals surface area (Å²) in [5.74, 6) is -4.34. The van der Waals surface area contributed by atoms with Gasteiger partial charge in [-0.1, -0.05) is 0 Å². The summed E-state index contributed by atoms with van der Waals surface area (Å²) in [6.07, 6.45) is 3.81. The Bertz CT molecular complexity index is 822. The maximum absolute atomic E-state index is 12.8. The zero-order valence-corrected chi connectivity index (χ0v) is 17.6. The van der Waals surface area contributed by atoms with Gasteiger partial charge in [-0.2, -0.15) is 0 Å². The zero-order chi connectivity index (χ0) is 23.7. The fraction of sp³-hybridized carbons (Fsp3) is 0.579. The van der Waals surface area contributed by atoms with Crippen molar-refractivity contribution in [1.29, 1.82) is 0 Å². The number of aromatic amines is 1. The van der Waals surface area contributed by atoms with Gasteiger partial charge in [0.1, 0.15) is 18.1 Å². The minimum Gasteiger partial charge on any atom is -0.481 e. The summed E-state index contributed by atoms with van der Waals surface area (Å²) >= 11 is 0. The van der Waals surface area contributed by atoms with Crippen LogP contribution in [0.25, 0.3) is 0 Å². The SMILES string of the molecule is CC(NC(=O)C(Cc1cnc[nH]1)NC(=O)C1CCCN1)C(=O)NC(CCC(=O)O)C(=O)O. The molecule has 2 rings (SSSR count). The number of aliphatic carboxylic acids is 2. The third kappa shape index (κ3) is 7.65. The van der Waals surface area contributed by atoms with Crippen molar-refractivity contribution in [2.75, 3.05) is 6.54 Å². The highest BCUT2D eigenvalue weighted by Gasteiger charge is 2.30. The van der Waals surface area contributed by atoms with Crippen LogP contribution in [-0.2, 0) is 30.4 Å². The molecular formula is C19H28N6O7. The lowest BCUT2D eigenvalue weighted by Crippen LogP contribution is -2.56. The third-order valence-corrected chi connectivity index (χ3v) is 5.00. The monoisotopic (exact) mass is 452 g/mol. The highest BCUT2D eigenvalue weighted by molar-refractivity contribution is 5.94. The van der Waals surface area contributed by atoms with Crippen LogP contribution in [0.5, 0.6) is 0 Å². The molecule has 176 valence electrons. The van der Waals surface area contributed by atoms with Gasteiger partial charge in [0.15, 0.2) is 0 Å². The molecule has 0 aromatic carbocycles. The molecule has 7 N–H and O–H groups in total. The van der Waals surface area contributed by atoms with Crippen LogP contribution < -0.4 is 21.3 Å². The predicted octanol–water partition coefficient (Wildman–Crippen LogP) is -1.87. The number of hydrogen-bond acceptors (Lipinski definition) is 7. The fourth-order valence-electron chi connectivity index (χ4n) is 3.21. The molecule has 2 heterocycles. The van der Waals surface area contributed by atoms with Crippen LogP contribution in [0.4, 0.5) is 0 Å². The number of carbonyl (C=O) groups excluding carboxylic acids is 3. The first-order chi connectivity index (χ1) is 15.2. The van der Waals surface area contributed by atoms with Crippen LogP contribution in [-0.4, -0.2) is 80.6 Å². The number of rotatable bonds is 12. The first kappa shape index (κ1) is 24.8. The van der Waals surface area contributed by atoms with E-state index < -0.39 is 54.3 Å². The number of carboxylic acid groups (broad SMARTS) is 2. The summed E-state index contributed by atoms with van der Waals surface area (Å²) in [6.45, 7) is 2.07. The van der Waals surface area contributed by atoms with E-state index in [4.69, 9.17) is 5.11 Å². The molecule has 1 saturated heterocycles. The molecule has 1 aliphatic rings. The van der Waals surface area contributed by atoms with Crippen molar-refractivity contribution in [3.63, 3.8) is 0 Å². The lowest BCUT2D eigenvalue weighted by atomic mass is 10.1. The molecule has 1 aromatic heterocycles. The van der Waals surface area contributed by atoms with Crippen molar-refractivity contribution in [2.24, 2.45) is 0 Å². The first-order valence-corrected chi connectivity index (χ1v) is 10.2. The molecule has 13 heteroatoms. The van der Waals surface area contributed by atoms with Gasteiger partial charge in [-0.25, -0.2) is 9.78 Å². The molecule has 0 radical (unpaired) electrons. The van der Waals surface area contributed by atoms with Crippen molar-refractivity contribution in [3.05, 3.63) is 18.2 Å². The van der Waals surface area contributed by atoms with Crippen molar-refractivity contribution in [1.82, 2.24) is 31.2 Å². The van der Waals surface area contributed by atoms with E-state index in [1.165, 1.54) is 19.4 Å². The van der Waals surface area contributed by atoms with Gasteiger partial charge in [-0.3, -0.25) is 19.2 Å². The van der Waals surface area contributed by atoms with E-state index in [0.29, 0.717) is 18.7 Å². The Morgan fingerprint density at radius 1 is 1.12 bits per heavy atom. The summed E-state index contributed by atoms with van der Waals surface area (Å²) in [7, 11) is 0. The minimum absolute atomic E-state index is 0.106. The Kier molecular flexibility index (Phi) is 9.13. The molecule has 1 aromatic rings. The van der Waals surface area contributed by atoms with Gasteiger partial charge in [-0.15, -0.1) is 0 Å². The normalized spacial score (nSPS) is 18.2. The van der Waals surface area contributed by atoms with E-state index in [-0.39, 0.29) is 18.7 Å². The van der Waals surface area contributed by atoms with Gasteiger partial charge in [0, 0.05) is 24.7 Å². The van der Waals surface area contributed by atoms with Crippen molar-refractivity contribution in [2.45, 2.75) is 63.2 Å². The number of amides is 3. The van der Waals surface area contributed by atoms with E-state index in [9.17, 15) is 29.1 Å². The molecule has 1 fully saturated rings. The molecule has 1 aliphatic heterocycles. The van der Waals surface area contributed by atoms with Gasteiger partial charge in [-0.05, 0) is 32.7 Å². The first-order valence-electron chi connectivity index (χ1n) is 10.2. The van der Waals surface area contributed by atoms with Crippen molar-refractivity contribution < 1.29 is 34.2 Å². The highest BCUT2D eigenvalue weighted by atomic mass is 16.4. The average Bonchev–Trinajstić information content (AvgIpc) is 3.43. The van der Waals surface area contributed by atoms with Gasteiger partial charge < -0.3 is 36.5 Å². The van der Waals surface area contributed by atoms with Crippen LogP contribution in [0.1, 0.15) is 38.3 Å². The predicted molar refractivity (Wildman–Crippen MR) is 109 cm³/mol. The number of aromatic nitrogens is 2. The molecule has 4 unspecified atom stereocenters. The number of nitrogens with zero attached hydrogens (tertiary/aromatic N) is 1. The van der Waals surface area contributed by atoms with E-state index in [1.807, 2.05) is 0 Å². The molecule has 0 spiro atoms. The lowest BCUT2D eigenvalue weighted by Gasteiger charge is -2.23. The summed E-state index contributed by atoms with van der Waals surface area (Å²) < 4.78 is 0. The number of H-pyrrole nitrogens is 1. The Morgan fingerprint density at radius 3 is 2.44 bits per heavy atom. The second-order valence-electron chi connectivity index (χ2n) is 7.55. The molecular weight excluding hydrogens is 424 g/mol. The zero-order valence-electron chi connectivity index (χ0n) is 17.6. The van der Waals surface area contributed by atoms with E-state index in [1.54, 1.807) is 0 Å². The summed E-state index contributed by atoms with van der Waals surface area (Å²) in [6, 6.07) is -3.94. The molecule has 3 amide bonds. The molecule has 32 heavy (non-hydrogen) atoms. The third-order valence-electron chi connectivity index (χ3n) is 5.00. The maximum atomic E-state index is 12.8. The Labute approximate surface area is 183 Å². The number of hydrogen-bond donors (Lipinski definition) is 7. The largest absolute Gasteiger partial charge is 0.481 e. The number of imidazole rings is 1. The van der Waals surface area contributed by atoms with Crippen molar-refractivity contribution in [3.8, 4) is 0 Å². The van der Waals surface area contributed by atoms with E-state index in [0.717, 1.165) is 6.42 Å². The minimum atomic E-state index is -1.41. The Balaban J connectivity index is 1.99. The van der Waals surface area contributed by atoms with Gasteiger partial charge in [0.25, 0.3) is 0 Å². The van der Waals surface area contributed by atoms with Crippen LogP contribution in [0.15, 0.2) is 12.5 Å². The molecule has 0 bridgehead atoms. The van der Waals surface area contributed by atoms with E-state index in [2.05, 4.69) is 31.2 Å². The molecule has 0 saturated carbocycles. The summed E-state index contributed by atoms with van der Waals surface area (Å²) in [5.41, 5.74) is 0.599. The lowest BCUT2D eigenvalue weighted by molar-refractivity contribution is -0.143. The maximum Gasteiger partial charge on any atom is 0.326 e. The molecule has 13 nitrogen and oxygen atoms in total.